The molecule has 1 fully saturated rings. The second kappa shape index (κ2) is 8.23. The predicted octanol–water partition coefficient (Wildman–Crippen LogP) is 3.71. The van der Waals surface area contributed by atoms with Gasteiger partial charge < -0.3 is 19.1 Å². The molecule has 31 heavy (non-hydrogen) atoms. The van der Waals surface area contributed by atoms with Crippen LogP contribution in [0.1, 0.15) is 0 Å². The number of rotatable bonds is 4. The zero-order valence-corrected chi connectivity index (χ0v) is 17.6. The molecule has 1 aliphatic heterocycles. The summed E-state index contributed by atoms with van der Waals surface area (Å²) < 4.78 is 15.2. The van der Waals surface area contributed by atoms with Crippen LogP contribution in [0, 0.1) is 0 Å². The van der Waals surface area contributed by atoms with Crippen molar-refractivity contribution in [3.8, 4) is 17.1 Å². The fraction of sp³-hybridized carbons (Fsp3) is 0.238. The number of fused-ring (bicyclic) bond motifs is 1. The Bertz CT molecular complexity index is 1200. The van der Waals surface area contributed by atoms with Gasteiger partial charge in [0.1, 0.15) is 11.1 Å². The third kappa shape index (κ3) is 3.77. The van der Waals surface area contributed by atoms with Crippen molar-refractivity contribution in [2.75, 3.05) is 43.5 Å². The number of hydrogen-bond acceptors (Lipinski definition) is 8. The zero-order chi connectivity index (χ0) is 21.2. The lowest BCUT2D eigenvalue weighted by atomic mass is 10.2. The normalized spacial score (nSPS) is 14.1. The highest BCUT2D eigenvalue weighted by molar-refractivity contribution is 7.09. The molecule has 10 heteroatoms. The first-order chi connectivity index (χ1) is 15.2. The molecule has 1 saturated heterocycles. The maximum absolute atomic E-state index is 12.8. The van der Waals surface area contributed by atoms with Crippen LogP contribution in [0.15, 0.2) is 53.1 Å². The Kier molecular flexibility index (Phi) is 5.13. The van der Waals surface area contributed by atoms with E-state index in [1.165, 1.54) is 11.5 Å². The number of ether oxygens (including phenoxy) is 1. The van der Waals surface area contributed by atoms with Crippen LogP contribution in [-0.4, -0.2) is 58.7 Å². The summed E-state index contributed by atoms with van der Waals surface area (Å²) in [5.74, 6) is 1.69. The standard InChI is InChI=1S/C21H20N6O3S/c1-29-15-8-5-9-16-17(15)19(24-30-16)22-20(28)26-10-12-27(13-11-26)21-23-18(25-31-21)14-6-3-2-4-7-14/h2-9H,10-13H2,1H3,(H,22,24,28). The second-order valence-electron chi connectivity index (χ2n) is 7.04. The Balaban J connectivity index is 1.23. The van der Waals surface area contributed by atoms with Crippen LogP contribution in [0.3, 0.4) is 0 Å². The van der Waals surface area contributed by atoms with E-state index in [4.69, 9.17) is 9.26 Å². The minimum Gasteiger partial charge on any atom is -0.496 e. The van der Waals surface area contributed by atoms with Crippen molar-refractivity contribution in [3.63, 3.8) is 0 Å². The summed E-state index contributed by atoms with van der Waals surface area (Å²) in [6, 6.07) is 15.1. The van der Waals surface area contributed by atoms with E-state index in [2.05, 4.69) is 24.7 Å². The van der Waals surface area contributed by atoms with Crippen LogP contribution >= 0.6 is 11.5 Å². The van der Waals surface area contributed by atoms with Crippen LogP contribution in [0.25, 0.3) is 22.4 Å². The highest BCUT2D eigenvalue weighted by Crippen LogP contribution is 2.32. The number of hydrogen-bond donors (Lipinski definition) is 1. The lowest BCUT2D eigenvalue weighted by molar-refractivity contribution is 0.208. The number of nitrogens with one attached hydrogen (secondary N) is 1. The van der Waals surface area contributed by atoms with Gasteiger partial charge in [0.25, 0.3) is 0 Å². The number of piperazine rings is 1. The van der Waals surface area contributed by atoms with Gasteiger partial charge >= 0.3 is 6.03 Å². The maximum Gasteiger partial charge on any atom is 0.323 e. The van der Waals surface area contributed by atoms with Gasteiger partial charge in [0.05, 0.1) is 7.11 Å². The van der Waals surface area contributed by atoms with E-state index in [0.717, 1.165) is 16.5 Å². The fourth-order valence-electron chi connectivity index (χ4n) is 3.55. The summed E-state index contributed by atoms with van der Waals surface area (Å²) in [6.07, 6.45) is 0. The Labute approximate surface area is 182 Å². The van der Waals surface area contributed by atoms with E-state index in [0.29, 0.717) is 48.7 Å². The van der Waals surface area contributed by atoms with Gasteiger partial charge in [-0.05, 0) is 12.1 Å². The molecule has 2 aromatic heterocycles. The molecular formula is C21H20N6O3S. The first kappa shape index (κ1) is 19.3. The first-order valence-corrected chi connectivity index (χ1v) is 10.6. The van der Waals surface area contributed by atoms with E-state index < -0.39 is 0 Å². The smallest absolute Gasteiger partial charge is 0.323 e. The molecule has 0 bridgehead atoms. The quantitative estimate of drug-likeness (QED) is 0.521. The lowest BCUT2D eigenvalue weighted by Gasteiger charge is -2.34. The molecule has 0 saturated carbocycles. The van der Waals surface area contributed by atoms with E-state index in [9.17, 15) is 4.79 Å². The summed E-state index contributed by atoms with van der Waals surface area (Å²) >= 11 is 1.38. The minimum absolute atomic E-state index is 0.219. The number of nitrogens with zero attached hydrogens (tertiary/aromatic N) is 5. The summed E-state index contributed by atoms with van der Waals surface area (Å²) in [5, 5.41) is 8.36. The lowest BCUT2D eigenvalue weighted by Crippen LogP contribution is -2.50. The van der Waals surface area contributed by atoms with Crippen LogP contribution in [0.2, 0.25) is 0 Å². The van der Waals surface area contributed by atoms with Gasteiger partial charge in [-0.2, -0.15) is 9.36 Å². The molecule has 3 heterocycles. The highest BCUT2D eigenvalue weighted by Gasteiger charge is 2.25. The summed E-state index contributed by atoms with van der Waals surface area (Å²) in [7, 11) is 1.57. The van der Waals surface area contributed by atoms with E-state index >= 15 is 0 Å². The maximum atomic E-state index is 12.8. The molecule has 9 nitrogen and oxygen atoms in total. The summed E-state index contributed by atoms with van der Waals surface area (Å²) in [5.41, 5.74) is 1.56. The van der Waals surface area contributed by atoms with Crippen molar-refractivity contribution >= 4 is 39.5 Å². The molecule has 0 spiro atoms. The Hall–Kier alpha value is -3.66. The van der Waals surface area contributed by atoms with Gasteiger partial charge in [-0.3, -0.25) is 5.32 Å². The largest absolute Gasteiger partial charge is 0.496 e. The molecule has 0 unspecified atom stereocenters. The molecule has 0 atom stereocenters. The number of amides is 2. The van der Waals surface area contributed by atoms with Gasteiger partial charge in [-0.1, -0.05) is 41.6 Å². The average Bonchev–Trinajstić information content (AvgIpc) is 3.48. The van der Waals surface area contributed by atoms with E-state index in [-0.39, 0.29) is 6.03 Å². The third-order valence-electron chi connectivity index (χ3n) is 5.19. The van der Waals surface area contributed by atoms with Crippen molar-refractivity contribution in [1.29, 1.82) is 0 Å². The number of aromatic nitrogens is 3. The number of methoxy groups -OCH3 is 1. The van der Waals surface area contributed by atoms with Crippen molar-refractivity contribution in [2.24, 2.45) is 0 Å². The van der Waals surface area contributed by atoms with Crippen molar-refractivity contribution in [3.05, 3.63) is 48.5 Å². The van der Waals surface area contributed by atoms with Gasteiger partial charge in [0.2, 0.25) is 5.13 Å². The van der Waals surface area contributed by atoms with Crippen LogP contribution in [0.5, 0.6) is 5.75 Å². The van der Waals surface area contributed by atoms with Gasteiger partial charge in [0.15, 0.2) is 17.2 Å². The molecule has 4 aromatic rings. The summed E-state index contributed by atoms with van der Waals surface area (Å²) in [4.78, 5) is 21.4. The van der Waals surface area contributed by atoms with Crippen molar-refractivity contribution < 1.29 is 14.1 Å². The zero-order valence-electron chi connectivity index (χ0n) is 16.8. The molecule has 5 rings (SSSR count). The highest BCUT2D eigenvalue weighted by atomic mass is 32.1. The van der Waals surface area contributed by atoms with Gasteiger partial charge in [-0.25, -0.2) is 4.79 Å². The van der Waals surface area contributed by atoms with Crippen LogP contribution < -0.4 is 15.0 Å². The Morgan fingerprint density at radius 1 is 1.10 bits per heavy atom. The van der Waals surface area contributed by atoms with Crippen molar-refractivity contribution in [2.45, 2.75) is 0 Å². The van der Waals surface area contributed by atoms with Gasteiger partial charge in [0, 0.05) is 43.3 Å². The Morgan fingerprint density at radius 3 is 2.68 bits per heavy atom. The topological polar surface area (TPSA) is 96.6 Å². The third-order valence-corrected chi connectivity index (χ3v) is 5.97. The predicted molar refractivity (Wildman–Crippen MR) is 119 cm³/mol. The van der Waals surface area contributed by atoms with Gasteiger partial charge in [-0.15, -0.1) is 0 Å². The molecule has 0 radical (unpaired) electrons. The summed E-state index contributed by atoms with van der Waals surface area (Å²) in [6.45, 7) is 2.50. The molecule has 0 aliphatic carbocycles. The van der Waals surface area contributed by atoms with E-state index in [1.807, 2.05) is 36.4 Å². The van der Waals surface area contributed by atoms with E-state index in [1.54, 1.807) is 24.1 Å². The average molecular weight is 436 g/mol. The molecule has 1 N–H and O–H groups in total. The monoisotopic (exact) mass is 436 g/mol. The molecular weight excluding hydrogens is 416 g/mol. The fourth-order valence-corrected chi connectivity index (χ4v) is 4.29. The molecule has 158 valence electrons. The molecule has 1 aliphatic rings. The number of urea groups is 1. The Morgan fingerprint density at radius 2 is 1.90 bits per heavy atom. The minimum atomic E-state index is -0.219. The molecule has 2 amide bonds. The first-order valence-electron chi connectivity index (χ1n) is 9.85. The van der Waals surface area contributed by atoms with Crippen LogP contribution in [-0.2, 0) is 0 Å². The number of benzene rings is 2. The SMILES string of the molecule is COc1cccc2onc(NC(=O)N3CCN(c4nc(-c5ccccc5)ns4)CC3)c12. The van der Waals surface area contributed by atoms with Crippen molar-refractivity contribution in [1.82, 2.24) is 19.4 Å². The molecule has 2 aromatic carbocycles. The number of anilines is 2. The van der Waals surface area contributed by atoms with Crippen LogP contribution in [0.4, 0.5) is 15.7 Å². The number of carbonyl (C=O) groups excluding carboxylic acids is 1. The number of carbonyl (C=O) groups is 1. The second-order valence-corrected chi connectivity index (χ2v) is 7.77.